The summed E-state index contributed by atoms with van der Waals surface area (Å²) in [5.74, 6) is -0.136. The van der Waals surface area contributed by atoms with Crippen molar-refractivity contribution in [3.8, 4) is 11.1 Å². The van der Waals surface area contributed by atoms with E-state index in [2.05, 4.69) is 68.1 Å². The first-order valence-electron chi connectivity index (χ1n) is 12.3. The van der Waals surface area contributed by atoms with Crippen LogP contribution >= 0.6 is 11.8 Å². The molecule has 0 spiro atoms. The molecule has 0 bridgehead atoms. The number of aromatic nitrogens is 1. The van der Waals surface area contributed by atoms with E-state index in [0.29, 0.717) is 4.91 Å². The van der Waals surface area contributed by atoms with Gasteiger partial charge in [0.2, 0.25) is 0 Å². The van der Waals surface area contributed by atoms with Crippen molar-refractivity contribution in [3.05, 3.63) is 65.2 Å². The fourth-order valence-electron chi connectivity index (χ4n) is 5.01. The van der Waals surface area contributed by atoms with Gasteiger partial charge in [0, 0.05) is 56.5 Å². The zero-order valence-corrected chi connectivity index (χ0v) is 20.8. The minimum absolute atomic E-state index is 0.136. The minimum Gasteiger partial charge on any atom is -0.369 e. The molecule has 0 N–H and O–H groups in total. The maximum absolute atomic E-state index is 12.6. The number of pyridine rings is 1. The van der Waals surface area contributed by atoms with E-state index in [4.69, 9.17) is 0 Å². The normalized spacial score (nSPS) is 20.3. The molecule has 3 aliphatic rings. The number of benzene rings is 2. The molecule has 1 aromatic heterocycles. The Hall–Kier alpha value is -3.16. The van der Waals surface area contributed by atoms with E-state index >= 15 is 0 Å². The summed E-state index contributed by atoms with van der Waals surface area (Å²) in [6.45, 7) is 6.30. The van der Waals surface area contributed by atoms with E-state index in [9.17, 15) is 4.79 Å². The fourth-order valence-corrected chi connectivity index (χ4v) is 5.98. The Morgan fingerprint density at radius 1 is 0.886 bits per heavy atom. The second-order valence-corrected chi connectivity index (χ2v) is 10.5. The average Bonchev–Trinajstić information content (AvgIpc) is 3.55. The average molecular weight is 484 g/mol. The highest BCUT2D eigenvalue weighted by molar-refractivity contribution is 8.18. The van der Waals surface area contributed by atoms with Gasteiger partial charge in [0.25, 0.3) is 5.91 Å². The molecule has 4 heterocycles. The van der Waals surface area contributed by atoms with Gasteiger partial charge in [-0.25, -0.2) is 0 Å². The highest BCUT2D eigenvalue weighted by Gasteiger charge is 2.27. The van der Waals surface area contributed by atoms with Gasteiger partial charge < -0.3 is 14.7 Å². The number of likely N-dealkylation sites (tertiary alicyclic amines) is 1. The molecule has 2 saturated heterocycles. The van der Waals surface area contributed by atoms with Crippen LogP contribution in [0.5, 0.6) is 0 Å². The number of amides is 1. The van der Waals surface area contributed by atoms with Crippen LogP contribution in [0.3, 0.4) is 0 Å². The Kier molecular flexibility index (Phi) is 6.04. The van der Waals surface area contributed by atoms with E-state index in [-0.39, 0.29) is 5.91 Å². The maximum Gasteiger partial charge on any atom is 0.286 e. The van der Waals surface area contributed by atoms with Gasteiger partial charge in [0.1, 0.15) is 0 Å². The largest absolute Gasteiger partial charge is 0.369 e. The lowest BCUT2D eigenvalue weighted by Crippen LogP contribution is -2.44. The molecule has 35 heavy (non-hydrogen) atoms. The van der Waals surface area contributed by atoms with Crippen LogP contribution in [-0.4, -0.2) is 72.2 Å². The van der Waals surface area contributed by atoms with Crippen molar-refractivity contribution in [2.24, 2.45) is 4.99 Å². The van der Waals surface area contributed by atoms with Gasteiger partial charge in [-0.05, 0) is 84.7 Å². The quantitative estimate of drug-likeness (QED) is 0.503. The third-order valence-corrected chi connectivity index (χ3v) is 8.14. The minimum atomic E-state index is -0.136. The van der Waals surface area contributed by atoms with E-state index in [0.717, 1.165) is 66.5 Å². The number of amidine groups is 1. The van der Waals surface area contributed by atoms with E-state index in [1.165, 1.54) is 35.9 Å². The fraction of sp³-hybridized carbons (Fsp3) is 0.321. The first-order chi connectivity index (χ1) is 17.1. The molecule has 2 fully saturated rings. The van der Waals surface area contributed by atoms with Crippen molar-refractivity contribution in [3.63, 3.8) is 0 Å². The number of thioether (sulfide) groups is 1. The van der Waals surface area contributed by atoms with Crippen LogP contribution in [0.2, 0.25) is 0 Å². The first kappa shape index (κ1) is 22.3. The topological polar surface area (TPSA) is 52.0 Å². The summed E-state index contributed by atoms with van der Waals surface area (Å²) < 4.78 is 0. The third kappa shape index (κ3) is 4.58. The molecule has 7 heteroatoms. The molecule has 3 aromatic rings. The Balaban J connectivity index is 1.27. The number of piperazine rings is 1. The number of aliphatic imine (C=N–C) groups is 1. The predicted molar refractivity (Wildman–Crippen MR) is 146 cm³/mol. The second-order valence-electron chi connectivity index (χ2n) is 9.48. The van der Waals surface area contributed by atoms with Crippen LogP contribution < -0.4 is 4.90 Å². The van der Waals surface area contributed by atoms with Crippen LogP contribution in [0.1, 0.15) is 18.4 Å². The molecular weight excluding hydrogens is 454 g/mol. The number of rotatable bonds is 3. The lowest BCUT2D eigenvalue weighted by molar-refractivity contribution is -0.113. The van der Waals surface area contributed by atoms with Gasteiger partial charge in [-0.15, -0.1) is 0 Å². The lowest BCUT2D eigenvalue weighted by atomic mass is 9.99. The monoisotopic (exact) mass is 483 g/mol. The second kappa shape index (κ2) is 9.47. The Morgan fingerprint density at radius 2 is 1.66 bits per heavy atom. The van der Waals surface area contributed by atoms with Gasteiger partial charge in [-0.2, -0.15) is 4.99 Å². The number of likely N-dealkylation sites (N-methyl/N-ethyl adjacent to an activating group) is 1. The summed E-state index contributed by atoms with van der Waals surface area (Å²) in [4.78, 5) is 29.2. The van der Waals surface area contributed by atoms with Crippen LogP contribution in [0.15, 0.2) is 64.6 Å². The zero-order valence-electron chi connectivity index (χ0n) is 20.0. The molecule has 3 aliphatic heterocycles. The third-order valence-electron chi connectivity index (χ3n) is 7.10. The van der Waals surface area contributed by atoms with Crippen molar-refractivity contribution in [1.82, 2.24) is 14.8 Å². The van der Waals surface area contributed by atoms with Crippen LogP contribution in [-0.2, 0) is 4.79 Å². The molecule has 0 aliphatic carbocycles. The summed E-state index contributed by atoms with van der Waals surface area (Å²) in [7, 11) is 2.18. The maximum atomic E-state index is 12.6. The molecule has 0 radical (unpaired) electrons. The van der Waals surface area contributed by atoms with Crippen LogP contribution in [0, 0.1) is 0 Å². The van der Waals surface area contributed by atoms with Crippen LogP contribution in [0.4, 0.5) is 5.69 Å². The summed E-state index contributed by atoms with van der Waals surface area (Å²) >= 11 is 1.50. The number of hydrogen-bond acceptors (Lipinski definition) is 6. The molecule has 0 saturated carbocycles. The van der Waals surface area contributed by atoms with E-state index in [1.54, 1.807) is 0 Å². The summed E-state index contributed by atoms with van der Waals surface area (Å²) in [6.07, 6.45) is 6.18. The van der Waals surface area contributed by atoms with Gasteiger partial charge in [0.05, 0.1) is 10.4 Å². The molecule has 6 rings (SSSR count). The first-order valence-corrected chi connectivity index (χ1v) is 13.2. The molecule has 2 aromatic carbocycles. The number of hydrogen-bond donors (Lipinski definition) is 0. The van der Waals surface area contributed by atoms with Crippen molar-refractivity contribution < 1.29 is 4.79 Å². The molecule has 178 valence electrons. The van der Waals surface area contributed by atoms with E-state index < -0.39 is 0 Å². The Bertz CT molecular complexity index is 1320. The molecule has 1 amide bonds. The van der Waals surface area contributed by atoms with Gasteiger partial charge >= 0.3 is 0 Å². The Morgan fingerprint density at radius 3 is 2.43 bits per heavy atom. The standard InChI is InChI=1S/C28H29N5OS/c1-31-14-16-32(17-15-31)22-7-5-21(6-8-22)23-10-11-29-25-9-4-20(18-24(23)25)19-26-27(34)30-28(35-26)33-12-2-3-13-33/h4-11,18-19H,2-3,12-17H2,1H3. The van der Waals surface area contributed by atoms with Gasteiger partial charge in [0.15, 0.2) is 5.17 Å². The number of carbonyl (C=O) groups excluding carboxylic acids is 1. The smallest absolute Gasteiger partial charge is 0.286 e. The number of anilines is 1. The van der Waals surface area contributed by atoms with Crippen LogP contribution in [0.25, 0.3) is 28.1 Å². The Labute approximate surface area is 210 Å². The van der Waals surface area contributed by atoms with Crippen molar-refractivity contribution in [1.29, 1.82) is 0 Å². The van der Waals surface area contributed by atoms with Crippen molar-refractivity contribution in [2.45, 2.75) is 12.8 Å². The number of fused-ring (bicyclic) bond motifs is 1. The predicted octanol–water partition coefficient (Wildman–Crippen LogP) is 4.72. The van der Waals surface area contributed by atoms with Gasteiger partial charge in [-0.1, -0.05) is 18.2 Å². The number of nitrogens with zero attached hydrogens (tertiary/aromatic N) is 5. The zero-order chi connectivity index (χ0) is 23.8. The van der Waals surface area contributed by atoms with Gasteiger partial charge in [-0.3, -0.25) is 9.78 Å². The molecule has 0 atom stereocenters. The number of carbonyl (C=O) groups is 1. The SMILES string of the molecule is CN1CCN(c2ccc(-c3ccnc4ccc(C=C5SC(N6CCCC6)=NC5=O)cc34)cc2)CC1. The molecule has 0 unspecified atom stereocenters. The van der Waals surface area contributed by atoms with Crippen molar-refractivity contribution in [2.75, 3.05) is 51.2 Å². The highest BCUT2D eigenvalue weighted by Crippen LogP contribution is 2.34. The van der Waals surface area contributed by atoms with E-state index in [1.807, 2.05) is 24.4 Å². The summed E-state index contributed by atoms with van der Waals surface area (Å²) in [6, 6.07) is 17.2. The lowest BCUT2D eigenvalue weighted by Gasteiger charge is -2.34. The molecular formula is C28H29N5OS. The molecule has 6 nitrogen and oxygen atoms in total. The summed E-state index contributed by atoms with van der Waals surface area (Å²) in [5, 5.41) is 1.94. The summed E-state index contributed by atoms with van der Waals surface area (Å²) in [5.41, 5.74) is 5.54. The highest BCUT2D eigenvalue weighted by atomic mass is 32.2. The van der Waals surface area contributed by atoms with Crippen molar-refractivity contribution >= 4 is 45.5 Å².